The van der Waals surface area contributed by atoms with Gasteiger partial charge < -0.3 is 19.3 Å². The van der Waals surface area contributed by atoms with Gasteiger partial charge in [0.25, 0.3) is 0 Å². The van der Waals surface area contributed by atoms with Crippen LogP contribution in [0.3, 0.4) is 0 Å². The summed E-state index contributed by atoms with van der Waals surface area (Å²) >= 11 is 1.71. The minimum Gasteiger partial charge on any atom is -0.493 e. The van der Waals surface area contributed by atoms with Crippen molar-refractivity contribution >= 4 is 23.2 Å². The van der Waals surface area contributed by atoms with Crippen molar-refractivity contribution in [3.8, 4) is 11.5 Å². The van der Waals surface area contributed by atoms with Gasteiger partial charge in [0.15, 0.2) is 11.5 Å². The summed E-state index contributed by atoms with van der Waals surface area (Å²) < 4.78 is 10.7. The fourth-order valence-electron chi connectivity index (χ4n) is 3.74. The molecule has 0 unspecified atom stereocenters. The number of methoxy groups -OCH3 is 2. The van der Waals surface area contributed by atoms with Crippen molar-refractivity contribution in [1.29, 1.82) is 0 Å². The molecule has 3 rings (SSSR count). The summed E-state index contributed by atoms with van der Waals surface area (Å²) in [5, 5.41) is 0. The second kappa shape index (κ2) is 11.4. The summed E-state index contributed by atoms with van der Waals surface area (Å²) in [6.45, 7) is 6.02. The SMILES string of the molecule is CCCN(CC(=O)N(CCc1ccc(OC)c(OC)c1)Cc1ccc(C)s1)C(=O)C1CC1. The molecule has 1 aromatic carbocycles. The Kier molecular flexibility index (Phi) is 8.56. The Bertz CT molecular complexity index is 922. The Hall–Kier alpha value is -2.54. The summed E-state index contributed by atoms with van der Waals surface area (Å²) in [4.78, 5) is 32.0. The number of amides is 2. The molecule has 7 heteroatoms. The maximum Gasteiger partial charge on any atom is 0.242 e. The molecule has 2 aromatic rings. The van der Waals surface area contributed by atoms with Gasteiger partial charge in [-0.15, -0.1) is 11.3 Å². The van der Waals surface area contributed by atoms with Crippen molar-refractivity contribution in [3.63, 3.8) is 0 Å². The molecule has 1 heterocycles. The van der Waals surface area contributed by atoms with Crippen molar-refractivity contribution in [3.05, 3.63) is 45.6 Å². The molecule has 0 saturated heterocycles. The number of carbonyl (C=O) groups is 2. The van der Waals surface area contributed by atoms with Gasteiger partial charge in [0.05, 0.1) is 27.3 Å². The second-order valence-corrected chi connectivity index (χ2v) is 9.67. The maximum absolute atomic E-state index is 13.3. The summed E-state index contributed by atoms with van der Waals surface area (Å²) in [6.07, 6.45) is 3.44. The number of nitrogens with zero attached hydrogens (tertiary/aromatic N) is 2. The van der Waals surface area contributed by atoms with Gasteiger partial charge in [-0.25, -0.2) is 0 Å². The number of thiophene rings is 1. The van der Waals surface area contributed by atoms with Gasteiger partial charge in [-0.1, -0.05) is 13.0 Å². The molecule has 1 aliphatic rings. The first-order chi connectivity index (χ1) is 15.4. The van der Waals surface area contributed by atoms with Crippen LogP contribution in [0.25, 0.3) is 0 Å². The van der Waals surface area contributed by atoms with E-state index >= 15 is 0 Å². The van der Waals surface area contributed by atoms with Crippen LogP contribution < -0.4 is 9.47 Å². The second-order valence-electron chi connectivity index (χ2n) is 8.30. The summed E-state index contributed by atoms with van der Waals surface area (Å²) in [7, 11) is 3.24. The van der Waals surface area contributed by atoms with Gasteiger partial charge in [-0.05, 0) is 62.4 Å². The van der Waals surface area contributed by atoms with E-state index < -0.39 is 0 Å². The summed E-state index contributed by atoms with van der Waals surface area (Å²) in [5.41, 5.74) is 1.07. The van der Waals surface area contributed by atoms with Crippen molar-refractivity contribution in [2.75, 3.05) is 33.9 Å². The highest BCUT2D eigenvalue weighted by molar-refractivity contribution is 7.11. The lowest BCUT2D eigenvalue weighted by Crippen LogP contribution is -2.44. The number of hydrogen-bond acceptors (Lipinski definition) is 5. The zero-order valence-corrected chi connectivity index (χ0v) is 20.4. The molecule has 1 aromatic heterocycles. The van der Waals surface area contributed by atoms with E-state index in [1.165, 1.54) is 4.88 Å². The van der Waals surface area contributed by atoms with Crippen molar-refractivity contribution in [2.24, 2.45) is 5.92 Å². The zero-order chi connectivity index (χ0) is 23.1. The van der Waals surface area contributed by atoms with Crippen LogP contribution >= 0.6 is 11.3 Å². The van der Waals surface area contributed by atoms with Crippen LogP contribution in [0.1, 0.15) is 41.5 Å². The number of ether oxygens (including phenoxy) is 2. The predicted molar refractivity (Wildman–Crippen MR) is 127 cm³/mol. The van der Waals surface area contributed by atoms with Gasteiger partial charge in [-0.3, -0.25) is 9.59 Å². The highest BCUT2D eigenvalue weighted by atomic mass is 32.1. The van der Waals surface area contributed by atoms with Crippen LogP contribution in [0.5, 0.6) is 11.5 Å². The van der Waals surface area contributed by atoms with E-state index in [2.05, 4.69) is 19.1 Å². The quantitative estimate of drug-likeness (QED) is 0.476. The number of benzene rings is 1. The van der Waals surface area contributed by atoms with E-state index in [1.807, 2.05) is 30.0 Å². The third kappa shape index (κ3) is 6.48. The molecule has 0 atom stereocenters. The molecule has 0 aliphatic heterocycles. The minimum atomic E-state index is -0.000945. The van der Waals surface area contributed by atoms with E-state index in [9.17, 15) is 9.59 Å². The van der Waals surface area contributed by atoms with Crippen LogP contribution in [-0.2, 0) is 22.6 Å². The average Bonchev–Trinajstić information content (AvgIpc) is 3.57. The number of carbonyl (C=O) groups excluding carboxylic acids is 2. The third-order valence-electron chi connectivity index (χ3n) is 5.67. The Labute approximate surface area is 195 Å². The Balaban J connectivity index is 1.72. The maximum atomic E-state index is 13.3. The summed E-state index contributed by atoms with van der Waals surface area (Å²) in [6, 6.07) is 10.0. The van der Waals surface area contributed by atoms with Crippen LogP contribution in [-0.4, -0.2) is 55.5 Å². The van der Waals surface area contributed by atoms with Gasteiger partial charge in [0.1, 0.15) is 0 Å². The monoisotopic (exact) mass is 458 g/mol. The first-order valence-electron chi connectivity index (χ1n) is 11.3. The molecule has 1 aliphatic carbocycles. The Morgan fingerprint density at radius 2 is 1.78 bits per heavy atom. The Morgan fingerprint density at radius 1 is 1.03 bits per heavy atom. The Morgan fingerprint density at radius 3 is 2.38 bits per heavy atom. The molecule has 1 saturated carbocycles. The van der Waals surface area contributed by atoms with Gasteiger partial charge in [0, 0.05) is 28.8 Å². The molecule has 6 nitrogen and oxygen atoms in total. The first-order valence-corrected chi connectivity index (χ1v) is 12.1. The smallest absolute Gasteiger partial charge is 0.242 e. The van der Waals surface area contributed by atoms with Gasteiger partial charge in [-0.2, -0.15) is 0 Å². The minimum absolute atomic E-state index is 0.000945. The molecular weight excluding hydrogens is 424 g/mol. The number of rotatable bonds is 12. The molecule has 2 amide bonds. The van der Waals surface area contributed by atoms with Gasteiger partial charge >= 0.3 is 0 Å². The molecule has 1 fully saturated rings. The molecular formula is C25H34N2O4S. The van der Waals surface area contributed by atoms with Crippen LogP contribution in [0.2, 0.25) is 0 Å². The van der Waals surface area contributed by atoms with Crippen molar-refractivity contribution < 1.29 is 19.1 Å². The van der Waals surface area contributed by atoms with E-state index in [4.69, 9.17) is 9.47 Å². The first kappa shape index (κ1) is 24.1. The lowest BCUT2D eigenvalue weighted by molar-refractivity contribution is -0.141. The van der Waals surface area contributed by atoms with E-state index in [1.54, 1.807) is 30.5 Å². The molecule has 174 valence electrons. The molecule has 0 N–H and O–H groups in total. The number of hydrogen-bond donors (Lipinski definition) is 0. The lowest BCUT2D eigenvalue weighted by atomic mass is 10.1. The fourth-order valence-corrected chi connectivity index (χ4v) is 4.65. The van der Waals surface area contributed by atoms with E-state index in [0.29, 0.717) is 37.6 Å². The fraction of sp³-hybridized carbons (Fsp3) is 0.520. The third-order valence-corrected chi connectivity index (χ3v) is 6.66. The van der Waals surface area contributed by atoms with E-state index in [-0.39, 0.29) is 24.3 Å². The normalized spacial score (nSPS) is 13.0. The zero-order valence-electron chi connectivity index (χ0n) is 19.6. The van der Waals surface area contributed by atoms with Crippen molar-refractivity contribution in [2.45, 2.75) is 46.1 Å². The molecule has 0 bridgehead atoms. The summed E-state index contributed by atoms with van der Waals surface area (Å²) in [5.74, 6) is 1.62. The van der Waals surface area contributed by atoms with Crippen molar-refractivity contribution in [1.82, 2.24) is 9.80 Å². The molecule has 0 radical (unpaired) electrons. The standard InChI is InChI=1S/C25H34N2O4S/c1-5-13-27(25(29)20-8-9-20)17-24(28)26(16-21-10-6-18(2)32-21)14-12-19-7-11-22(30-3)23(15-19)31-4/h6-7,10-11,15,20H,5,8-9,12-14,16-17H2,1-4H3. The molecule has 32 heavy (non-hydrogen) atoms. The van der Waals surface area contributed by atoms with Crippen LogP contribution in [0.4, 0.5) is 0 Å². The number of aryl methyl sites for hydroxylation is 1. The largest absolute Gasteiger partial charge is 0.493 e. The van der Waals surface area contributed by atoms with Crippen LogP contribution in [0.15, 0.2) is 30.3 Å². The van der Waals surface area contributed by atoms with E-state index in [0.717, 1.165) is 29.7 Å². The topological polar surface area (TPSA) is 59.1 Å². The van der Waals surface area contributed by atoms with Crippen LogP contribution in [0, 0.1) is 12.8 Å². The average molecular weight is 459 g/mol. The highest BCUT2D eigenvalue weighted by Crippen LogP contribution is 2.31. The predicted octanol–water partition coefficient (Wildman–Crippen LogP) is 4.29. The molecule has 0 spiro atoms. The van der Waals surface area contributed by atoms with Gasteiger partial charge in [0.2, 0.25) is 11.8 Å². The lowest BCUT2D eigenvalue weighted by Gasteiger charge is -2.27. The highest BCUT2D eigenvalue weighted by Gasteiger charge is 2.34.